The molecule has 0 aliphatic rings. The average Bonchev–Trinajstić information content (AvgIpc) is 2.25. The van der Waals surface area contributed by atoms with Gasteiger partial charge in [-0.2, -0.15) is 0 Å². The molecule has 16 heavy (non-hydrogen) atoms. The van der Waals surface area contributed by atoms with Crippen molar-refractivity contribution in [2.75, 3.05) is 26.3 Å². The molecule has 0 bridgehead atoms. The lowest BCUT2D eigenvalue weighted by Gasteiger charge is -2.07. The maximum absolute atomic E-state index is 5.51. The molecular formula is C14H31NO. The van der Waals surface area contributed by atoms with Crippen LogP contribution in [0.3, 0.4) is 0 Å². The third-order valence-corrected chi connectivity index (χ3v) is 2.55. The monoisotopic (exact) mass is 229 g/mol. The molecule has 0 unspecified atom stereocenters. The van der Waals surface area contributed by atoms with Gasteiger partial charge in [0.1, 0.15) is 0 Å². The van der Waals surface area contributed by atoms with Crippen LogP contribution in [0.4, 0.5) is 0 Å². The van der Waals surface area contributed by atoms with Crippen LogP contribution in [0.1, 0.15) is 59.3 Å². The van der Waals surface area contributed by atoms with Crippen molar-refractivity contribution >= 4 is 0 Å². The first-order valence-corrected chi connectivity index (χ1v) is 7.05. The summed E-state index contributed by atoms with van der Waals surface area (Å²) in [5.41, 5.74) is 0. The molecule has 1 N–H and O–H groups in total. The summed E-state index contributed by atoms with van der Waals surface area (Å²) < 4.78 is 5.51. The Kier molecular flexibility index (Phi) is 12.9. The van der Waals surface area contributed by atoms with Crippen LogP contribution in [0.2, 0.25) is 0 Å². The predicted octanol–water partition coefficient (Wildman–Crippen LogP) is 3.61. The van der Waals surface area contributed by atoms with Crippen molar-refractivity contribution in [3.63, 3.8) is 0 Å². The first-order valence-electron chi connectivity index (χ1n) is 7.05. The largest absolute Gasteiger partial charge is 0.381 e. The summed E-state index contributed by atoms with van der Waals surface area (Å²) in [6, 6.07) is 0. The summed E-state index contributed by atoms with van der Waals surface area (Å²) in [5.74, 6) is 0.659. The molecule has 0 heterocycles. The number of rotatable bonds is 12. The standard InChI is InChI=1S/C14H31NO/c1-4-5-6-7-8-10-15-11-9-12-16-13-14(2)3/h14-15H,4-13H2,1-3H3. The summed E-state index contributed by atoms with van der Waals surface area (Å²) in [6.45, 7) is 10.7. The van der Waals surface area contributed by atoms with E-state index in [9.17, 15) is 0 Å². The van der Waals surface area contributed by atoms with Gasteiger partial charge in [0.15, 0.2) is 0 Å². The second-order valence-electron chi connectivity index (χ2n) is 4.99. The number of hydrogen-bond donors (Lipinski definition) is 1. The van der Waals surface area contributed by atoms with Crippen LogP contribution >= 0.6 is 0 Å². The highest BCUT2D eigenvalue weighted by molar-refractivity contribution is 4.50. The van der Waals surface area contributed by atoms with Crippen molar-refractivity contribution in [1.29, 1.82) is 0 Å². The van der Waals surface area contributed by atoms with Crippen molar-refractivity contribution in [3.8, 4) is 0 Å². The van der Waals surface area contributed by atoms with E-state index in [0.29, 0.717) is 5.92 Å². The Hall–Kier alpha value is -0.0800. The molecule has 0 aromatic heterocycles. The van der Waals surface area contributed by atoms with Crippen LogP contribution in [0.25, 0.3) is 0 Å². The normalized spacial score (nSPS) is 11.2. The Labute approximate surface area is 102 Å². The van der Waals surface area contributed by atoms with Crippen LogP contribution in [-0.4, -0.2) is 26.3 Å². The molecule has 0 rings (SSSR count). The lowest BCUT2D eigenvalue weighted by molar-refractivity contribution is 0.108. The fourth-order valence-electron chi connectivity index (χ4n) is 1.60. The molecule has 0 aromatic carbocycles. The Morgan fingerprint density at radius 1 is 0.938 bits per heavy atom. The van der Waals surface area contributed by atoms with Gasteiger partial charge >= 0.3 is 0 Å². The van der Waals surface area contributed by atoms with Gasteiger partial charge in [-0.15, -0.1) is 0 Å². The quantitative estimate of drug-likeness (QED) is 0.516. The van der Waals surface area contributed by atoms with Crippen LogP contribution < -0.4 is 5.32 Å². The molecule has 0 saturated carbocycles. The van der Waals surface area contributed by atoms with Gasteiger partial charge < -0.3 is 10.1 Å². The van der Waals surface area contributed by atoms with Gasteiger partial charge in [0.25, 0.3) is 0 Å². The second-order valence-corrected chi connectivity index (χ2v) is 4.99. The van der Waals surface area contributed by atoms with Crippen LogP contribution in [0, 0.1) is 5.92 Å². The van der Waals surface area contributed by atoms with Crippen LogP contribution in [0.15, 0.2) is 0 Å². The molecule has 0 fully saturated rings. The van der Waals surface area contributed by atoms with Crippen molar-refractivity contribution in [2.45, 2.75) is 59.3 Å². The van der Waals surface area contributed by atoms with Crippen LogP contribution in [-0.2, 0) is 4.74 Å². The number of unbranched alkanes of at least 4 members (excludes halogenated alkanes) is 4. The zero-order valence-corrected chi connectivity index (χ0v) is 11.6. The first-order chi connectivity index (χ1) is 7.77. The highest BCUT2D eigenvalue weighted by Crippen LogP contribution is 2.01. The Balaban J connectivity index is 2.88. The lowest BCUT2D eigenvalue weighted by Crippen LogP contribution is -2.18. The van der Waals surface area contributed by atoms with E-state index in [1.165, 1.54) is 38.6 Å². The van der Waals surface area contributed by atoms with Gasteiger partial charge in [0, 0.05) is 13.2 Å². The zero-order chi connectivity index (χ0) is 12.1. The van der Waals surface area contributed by atoms with Gasteiger partial charge in [0.2, 0.25) is 0 Å². The second kappa shape index (κ2) is 13.0. The minimum absolute atomic E-state index is 0.659. The number of hydrogen-bond acceptors (Lipinski definition) is 2. The molecule has 2 heteroatoms. The van der Waals surface area contributed by atoms with Gasteiger partial charge in [-0.3, -0.25) is 0 Å². The zero-order valence-electron chi connectivity index (χ0n) is 11.6. The summed E-state index contributed by atoms with van der Waals surface area (Å²) in [5, 5.41) is 3.47. The predicted molar refractivity (Wildman–Crippen MR) is 71.9 cm³/mol. The molecule has 0 aromatic rings. The Morgan fingerprint density at radius 3 is 2.31 bits per heavy atom. The molecule has 98 valence electrons. The van der Waals surface area contributed by atoms with E-state index in [1.807, 2.05) is 0 Å². The third kappa shape index (κ3) is 13.9. The van der Waals surface area contributed by atoms with E-state index in [1.54, 1.807) is 0 Å². The molecule has 0 radical (unpaired) electrons. The fourth-order valence-corrected chi connectivity index (χ4v) is 1.60. The molecule has 0 aliphatic carbocycles. The smallest absolute Gasteiger partial charge is 0.0489 e. The minimum Gasteiger partial charge on any atom is -0.381 e. The van der Waals surface area contributed by atoms with Crippen molar-refractivity contribution in [1.82, 2.24) is 5.32 Å². The van der Waals surface area contributed by atoms with E-state index in [4.69, 9.17) is 4.74 Å². The number of ether oxygens (including phenoxy) is 1. The summed E-state index contributed by atoms with van der Waals surface area (Å²) in [6.07, 6.45) is 7.97. The minimum atomic E-state index is 0.659. The fraction of sp³-hybridized carbons (Fsp3) is 1.00. The van der Waals surface area contributed by atoms with Gasteiger partial charge in [-0.05, 0) is 31.8 Å². The van der Waals surface area contributed by atoms with Crippen molar-refractivity contribution in [3.05, 3.63) is 0 Å². The number of nitrogens with one attached hydrogen (secondary N) is 1. The summed E-state index contributed by atoms with van der Waals surface area (Å²) >= 11 is 0. The van der Waals surface area contributed by atoms with E-state index < -0.39 is 0 Å². The first kappa shape index (κ1) is 15.9. The van der Waals surface area contributed by atoms with Crippen molar-refractivity contribution in [2.24, 2.45) is 5.92 Å². The topological polar surface area (TPSA) is 21.3 Å². The van der Waals surface area contributed by atoms with E-state index >= 15 is 0 Å². The molecule has 0 atom stereocenters. The SMILES string of the molecule is CCCCCCCNCCCOCC(C)C. The Bertz CT molecular complexity index is 126. The molecule has 0 spiro atoms. The molecule has 0 amide bonds. The average molecular weight is 229 g/mol. The van der Waals surface area contributed by atoms with Gasteiger partial charge in [-0.1, -0.05) is 46.5 Å². The maximum atomic E-state index is 5.51. The van der Waals surface area contributed by atoms with Crippen molar-refractivity contribution < 1.29 is 4.74 Å². The molecule has 0 aliphatic heterocycles. The van der Waals surface area contributed by atoms with E-state index in [2.05, 4.69) is 26.1 Å². The van der Waals surface area contributed by atoms with Crippen LogP contribution in [0.5, 0.6) is 0 Å². The van der Waals surface area contributed by atoms with Gasteiger partial charge in [-0.25, -0.2) is 0 Å². The molecule has 0 saturated heterocycles. The van der Waals surface area contributed by atoms with E-state index in [-0.39, 0.29) is 0 Å². The summed E-state index contributed by atoms with van der Waals surface area (Å²) in [7, 11) is 0. The Morgan fingerprint density at radius 2 is 1.62 bits per heavy atom. The lowest BCUT2D eigenvalue weighted by atomic mass is 10.1. The molecule has 2 nitrogen and oxygen atoms in total. The van der Waals surface area contributed by atoms with E-state index in [0.717, 1.165) is 26.2 Å². The highest BCUT2D eigenvalue weighted by Gasteiger charge is 1.93. The maximum Gasteiger partial charge on any atom is 0.0489 e. The highest BCUT2D eigenvalue weighted by atomic mass is 16.5. The van der Waals surface area contributed by atoms with Gasteiger partial charge in [0.05, 0.1) is 0 Å². The third-order valence-electron chi connectivity index (χ3n) is 2.55. The summed E-state index contributed by atoms with van der Waals surface area (Å²) in [4.78, 5) is 0. The molecular weight excluding hydrogens is 198 g/mol.